The molecule has 0 saturated carbocycles. The van der Waals surface area contributed by atoms with Gasteiger partial charge in [-0.2, -0.15) is 0 Å². The molecule has 0 aromatic heterocycles. The monoisotopic (exact) mass is 236 g/mol. The molecule has 0 heterocycles. The van der Waals surface area contributed by atoms with E-state index in [1.54, 1.807) is 13.8 Å². The van der Waals surface area contributed by atoms with Crippen molar-refractivity contribution in [2.75, 3.05) is 13.2 Å². The third-order valence-corrected chi connectivity index (χ3v) is 2.23. The van der Waals surface area contributed by atoms with Gasteiger partial charge in [0, 0.05) is 6.54 Å². The molecule has 1 rings (SSSR count). The van der Waals surface area contributed by atoms with Crippen molar-refractivity contribution in [3.05, 3.63) is 35.9 Å². The number of amides is 1. The molecule has 0 aliphatic rings. The molecule has 0 spiro atoms. The van der Waals surface area contributed by atoms with E-state index in [0.29, 0.717) is 19.8 Å². The summed E-state index contributed by atoms with van der Waals surface area (Å²) in [7, 11) is 0. The molecular weight excluding hydrogens is 216 g/mol. The molecule has 1 aromatic rings. The third kappa shape index (κ3) is 5.47. The summed E-state index contributed by atoms with van der Waals surface area (Å²) in [5.74, 6) is -0.166. The van der Waals surface area contributed by atoms with Crippen LogP contribution < -0.4 is 11.1 Å². The second-order valence-corrected chi connectivity index (χ2v) is 4.52. The Hall–Kier alpha value is -1.39. The number of hydrogen-bond donors (Lipinski definition) is 2. The van der Waals surface area contributed by atoms with Gasteiger partial charge in [0.15, 0.2) is 0 Å². The van der Waals surface area contributed by atoms with Gasteiger partial charge >= 0.3 is 0 Å². The number of carbonyl (C=O) groups is 1. The highest BCUT2D eigenvalue weighted by atomic mass is 16.5. The molecule has 0 saturated heterocycles. The van der Waals surface area contributed by atoms with Crippen molar-refractivity contribution in [2.24, 2.45) is 5.73 Å². The molecule has 0 radical (unpaired) electrons. The first-order chi connectivity index (χ1) is 8.00. The Kier molecular flexibility index (Phi) is 5.12. The average molecular weight is 236 g/mol. The highest BCUT2D eigenvalue weighted by Crippen LogP contribution is 2.00. The number of hydrogen-bond acceptors (Lipinski definition) is 3. The van der Waals surface area contributed by atoms with E-state index < -0.39 is 5.54 Å². The summed E-state index contributed by atoms with van der Waals surface area (Å²) >= 11 is 0. The molecule has 4 nitrogen and oxygen atoms in total. The standard InChI is InChI=1S/C13H20N2O2/c1-13(2,14)12(16)15-8-9-17-10-11-6-4-3-5-7-11/h3-7H,8-10,14H2,1-2H3,(H,15,16). The van der Waals surface area contributed by atoms with Crippen LogP contribution in [0, 0.1) is 0 Å². The normalized spacial score (nSPS) is 11.2. The minimum absolute atomic E-state index is 0.166. The van der Waals surface area contributed by atoms with Crippen LogP contribution in [-0.4, -0.2) is 24.6 Å². The highest BCUT2D eigenvalue weighted by molar-refractivity contribution is 5.84. The number of carbonyl (C=O) groups excluding carboxylic acids is 1. The topological polar surface area (TPSA) is 64.4 Å². The Morgan fingerprint density at radius 1 is 1.35 bits per heavy atom. The smallest absolute Gasteiger partial charge is 0.239 e. The van der Waals surface area contributed by atoms with Crippen LogP contribution in [0.4, 0.5) is 0 Å². The maximum absolute atomic E-state index is 11.4. The maximum Gasteiger partial charge on any atom is 0.239 e. The van der Waals surface area contributed by atoms with Crippen LogP contribution in [0.3, 0.4) is 0 Å². The van der Waals surface area contributed by atoms with E-state index in [1.165, 1.54) is 0 Å². The van der Waals surface area contributed by atoms with Crippen molar-refractivity contribution in [3.8, 4) is 0 Å². The molecule has 0 unspecified atom stereocenters. The van der Waals surface area contributed by atoms with Crippen molar-refractivity contribution in [3.63, 3.8) is 0 Å². The molecule has 4 heteroatoms. The lowest BCUT2D eigenvalue weighted by molar-refractivity contribution is -0.125. The van der Waals surface area contributed by atoms with E-state index in [9.17, 15) is 4.79 Å². The van der Waals surface area contributed by atoms with E-state index in [4.69, 9.17) is 10.5 Å². The first-order valence-corrected chi connectivity index (χ1v) is 5.69. The lowest BCUT2D eigenvalue weighted by atomic mass is 10.1. The highest BCUT2D eigenvalue weighted by Gasteiger charge is 2.20. The van der Waals surface area contributed by atoms with E-state index >= 15 is 0 Å². The van der Waals surface area contributed by atoms with Crippen LogP contribution in [0.25, 0.3) is 0 Å². The molecule has 0 fully saturated rings. The minimum atomic E-state index is -0.834. The molecule has 17 heavy (non-hydrogen) atoms. The Morgan fingerprint density at radius 3 is 2.59 bits per heavy atom. The van der Waals surface area contributed by atoms with Gasteiger partial charge in [-0.15, -0.1) is 0 Å². The summed E-state index contributed by atoms with van der Waals surface area (Å²) in [5.41, 5.74) is 5.92. The van der Waals surface area contributed by atoms with Crippen LogP contribution in [-0.2, 0) is 16.1 Å². The Bertz CT molecular complexity index is 344. The molecule has 0 aliphatic heterocycles. The fraction of sp³-hybridized carbons (Fsp3) is 0.462. The van der Waals surface area contributed by atoms with E-state index in [-0.39, 0.29) is 5.91 Å². The summed E-state index contributed by atoms with van der Waals surface area (Å²) in [4.78, 5) is 11.4. The molecular formula is C13H20N2O2. The zero-order valence-electron chi connectivity index (χ0n) is 10.4. The minimum Gasteiger partial charge on any atom is -0.375 e. The van der Waals surface area contributed by atoms with Gasteiger partial charge in [-0.1, -0.05) is 30.3 Å². The number of nitrogens with two attached hydrogens (primary N) is 1. The van der Waals surface area contributed by atoms with E-state index in [0.717, 1.165) is 5.56 Å². The second kappa shape index (κ2) is 6.37. The number of benzene rings is 1. The summed E-state index contributed by atoms with van der Waals surface area (Å²) in [6.07, 6.45) is 0. The van der Waals surface area contributed by atoms with Gasteiger partial charge in [0.05, 0.1) is 18.8 Å². The lowest BCUT2D eigenvalue weighted by Crippen LogP contribution is -2.49. The fourth-order valence-corrected chi connectivity index (χ4v) is 1.23. The van der Waals surface area contributed by atoms with Crippen molar-refractivity contribution >= 4 is 5.91 Å². The zero-order chi connectivity index (χ0) is 12.7. The van der Waals surface area contributed by atoms with Gasteiger partial charge in [0.2, 0.25) is 5.91 Å². The van der Waals surface area contributed by atoms with Crippen LogP contribution in [0.1, 0.15) is 19.4 Å². The first kappa shape index (κ1) is 13.7. The Balaban J connectivity index is 2.12. The number of nitrogens with one attached hydrogen (secondary N) is 1. The maximum atomic E-state index is 11.4. The predicted octanol–water partition coefficient (Wildman–Crippen LogP) is 1.06. The third-order valence-electron chi connectivity index (χ3n) is 2.23. The van der Waals surface area contributed by atoms with Gasteiger partial charge in [0.25, 0.3) is 0 Å². The van der Waals surface area contributed by atoms with Crippen LogP contribution in [0.2, 0.25) is 0 Å². The molecule has 1 amide bonds. The fourth-order valence-electron chi connectivity index (χ4n) is 1.23. The van der Waals surface area contributed by atoms with Crippen molar-refractivity contribution in [1.29, 1.82) is 0 Å². The lowest BCUT2D eigenvalue weighted by Gasteiger charge is -2.17. The van der Waals surface area contributed by atoms with Crippen LogP contribution in [0.15, 0.2) is 30.3 Å². The summed E-state index contributed by atoms with van der Waals surface area (Å²) in [6.45, 7) is 4.87. The zero-order valence-corrected chi connectivity index (χ0v) is 10.4. The van der Waals surface area contributed by atoms with Gasteiger partial charge in [-0.25, -0.2) is 0 Å². The number of ether oxygens (including phenoxy) is 1. The van der Waals surface area contributed by atoms with Crippen LogP contribution in [0.5, 0.6) is 0 Å². The number of rotatable bonds is 6. The quantitative estimate of drug-likeness (QED) is 0.726. The summed E-state index contributed by atoms with van der Waals surface area (Å²) < 4.78 is 5.43. The van der Waals surface area contributed by atoms with Gasteiger partial charge in [0.1, 0.15) is 0 Å². The molecule has 0 aliphatic carbocycles. The largest absolute Gasteiger partial charge is 0.375 e. The van der Waals surface area contributed by atoms with Crippen molar-refractivity contribution in [2.45, 2.75) is 26.0 Å². The summed E-state index contributed by atoms with van der Waals surface area (Å²) in [5, 5.41) is 2.72. The average Bonchev–Trinajstić information content (AvgIpc) is 2.28. The Labute approximate surface area is 102 Å². The van der Waals surface area contributed by atoms with Gasteiger partial charge in [-0.05, 0) is 19.4 Å². The molecule has 94 valence electrons. The SMILES string of the molecule is CC(C)(N)C(=O)NCCOCc1ccccc1. The molecule has 0 bridgehead atoms. The van der Waals surface area contributed by atoms with E-state index in [1.807, 2.05) is 30.3 Å². The van der Waals surface area contributed by atoms with Crippen molar-refractivity contribution in [1.82, 2.24) is 5.32 Å². The van der Waals surface area contributed by atoms with Crippen molar-refractivity contribution < 1.29 is 9.53 Å². The molecule has 0 atom stereocenters. The van der Waals surface area contributed by atoms with Crippen LogP contribution >= 0.6 is 0 Å². The van der Waals surface area contributed by atoms with Gasteiger partial charge in [-0.3, -0.25) is 4.79 Å². The Morgan fingerprint density at radius 2 is 2.00 bits per heavy atom. The second-order valence-electron chi connectivity index (χ2n) is 4.52. The first-order valence-electron chi connectivity index (χ1n) is 5.69. The molecule has 3 N–H and O–H groups in total. The van der Waals surface area contributed by atoms with Gasteiger partial charge < -0.3 is 15.8 Å². The summed E-state index contributed by atoms with van der Waals surface area (Å²) in [6, 6.07) is 9.91. The molecule has 1 aromatic carbocycles. The van der Waals surface area contributed by atoms with E-state index in [2.05, 4.69) is 5.32 Å². The predicted molar refractivity (Wildman–Crippen MR) is 67.4 cm³/mol.